The third kappa shape index (κ3) is 11.0. The van der Waals surface area contributed by atoms with E-state index in [0.29, 0.717) is 37.1 Å². The minimum Gasteiger partial charge on any atom is -0.349 e. The highest BCUT2D eigenvalue weighted by atomic mass is 19.1. The summed E-state index contributed by atoms with van der Waals surface area (Å²) in [5.74, 6) is 0.231. The Bertz CT molecular complexity index is 1140. The lowest BCUT2D eigenvalue weighted by Gasteiger charge is -2.38. The topological polar surface area (TPSA) is 68.5 Å². The number of carbonyl (C=O) groups is 1. The minimum absolute atomic E-state index is 0.0703. The number of carbonyl (C=O) groups excluding carboxylic acids is 1. The van der Waals surface area contributed by atoms with Crippen molar-refractivity contribution in [3.05, 3.63) is 85.4 Å². The monoisotopic (exact) mass is 588 g/mol. The second-order valence-corrected chi connectivity index (χ2v) is 11.5. The molecule has 5 nitrogen and oxygen atoms in total. The number of nitrogens with zero attached hydrogens (tertiary/aromatic N) is 3. The van der Waals surface area contributed by atoms with Crippen molar-refractivity contribution in [1.29, 1.82) is 5.26 Å². The van der Waals surface area contributed by atoms with Gasteiger partial charge < -0.3 is 10.2 Å². The fourth-order valence-electron chi connectivity index (χ4n) is 6.12. The quantitative estimate of drug-likeness (QED) is 0.173. The van der Waals surface area contributed by atoms with Gasteiger partial charge in [0, 0.05) is 31.2 Å². The molecule has 0 aromatic rings. The lowest BCUT2D eigenvalue weighted by molar-refractivity contribution is -0.126. The van der Waals surface area contributed by atoms with Crippen molar-refractivity contribution in [2.24, 2.45) is 22.2 Å². The molecule has 1 N–H and O–H groups in total. The fourth-order valence-corrected chi connectivity index (χ4v) is 6.12. The number of rotatable bonds is 13. The molecule has 43 heavy (non-hydrogen) atoms. The van der Waals surface area contributed by atoms with Crippen LogP contribution in [0.25, 0.3) is 0 Å². The van der Waals surface area contributed by atoms with Gasteiger partial charge in [0.15, 0.2) is 0 Å². The summed E-state index contributed by atoms with van der Waals surface area (Å²) < 4.78 is 13.3. The molecule has 3 aliphatic rings. The van der Waals surface area contributed by atoms with Gasteiger partial charge in [0.1, 0.15) is 11.2 Å². The van der Waals surface area contributed by atoms with Gasteiger partial charge in [-0.3, -0.25) is 9.79 Å². The second-order valence-electron chi connectivity index (χ2n) is 11.5. The van der Waals surface area contributed by atoms with E-state index in [2.05, 4.69) is 42.1 Å². The van der Waals surface area contributed by atoms with Crippen LogP contribution in [0.4, 0.5) is 4.39 Å². The van der Waals surface area contributed by atoms with Crippen molar-refractivity contribution in [3.63, 3.8) is 0 Å². The van der Waals surface area contributed by atoms with Crippen LogP contribution >= 0.6 is 0 Å². The zero-order chi connectivity index (χ0) is 31.7. The number of nitrogens with one attached hydrogen (secondary N) is 1. The molecule has 1 saturated carbocycles. The average Bonchev–Trinajstić information content (AvgIpc) is 3.05. The van der Waals surface area contributed by atoms with E-state index in [9.17, 15) is 14.4 Å². The van der Waals surface area contributed by atoms with E-state index >= 15 is 0 Å². The van der Waals surface area contributed by atoms with E-state index in [4.69, 9.17) is 4.99 Å². The first-order valence-corrected chi connectivity index (χ1v) is 16.2. The number of allylic oxidation sites excluding steroid dienone is 9. The largest absolute Gasteiger partial charge is 0.349 e. The van der Waals surface area contributed by atoms with Crippen molar-refractivity contribution < 1.29 is 9.18 Å². The first-order chi connectivity index (χ1) is 20.8. The predicted octanol–water partition coefficient (Wildman–Crippen LogP) is 8.72. The first kappa shape index (κ1) is 35.9. The van der Waals surface area contributed by atoms with Gasteiger partial charge in [0.05, 0.1) is 17.8 Å². The van der Waals surface area contributed by atoms with Crippen LogP contribution in [0.15, 0.2) is 90.4 Å². The van der Waals surface area contributed by atoms with Crippen LogP contribution in [0.2, 0.25) is 0 Å². The number of amides is 1. The average molecular weight is 589 g/mol. The maximum atomic E-state index is 13.3. The highest BCUT2D eigenvalue weighted by Crippen LogP contribution is 2.35. The highest BCUT2D eigenvalue weighted by Gasteiger charge is 2.38. The molecular formula is C37H53FN4O. The van der Waals surface area contributed by atoms with Gasteiger partial charge in [-0.1, -0.05) is 83.2 Å². The highest BCUT2D eigenvalue weighted by molar-refractivity contribution is 6.02. The van der Waals surface area contributed by atoms with E-state index in [1.807, 2.05) is 39.0 Å². The summed E-state index contributed by atoms with van der Waals surface area (Å²) in [6, 6.07) is 2.48. The summed E-state index contributed by atoms with van der Waals surface area (Å²) in [5, 5.41) is 13.6. The van der Waals surface area contributed by atoms with Gasteiger partial charge in [-0.2, -0.15) is 5.26 Å². The first-order valence-electron chi connectivity index (χ1n) is 16.2. The molecule has 234 valence electrons. The van der Waals surface area contributed by atoms with Crippen molar-refractivity contribution in [1.82, 2.24) is 10.2 Å². The minimum atomic E-state index is -0.703. The molecule has 2 unspecified atom stereocenters. The zero-order valence-electron chi connectivity index (χ0n) is 26.8. The molecule has 2 fully saturated rings. The van der Waals surface area contributed by atoms with Crippen molar-refractivity contribution in [3.8, 4) is 6.07 Å². The molecule has 1 heterocycles. The smallest absolute Gasteiger partial charge is 0.223 e. The summed E-state index contributed by atoms with van der Waals surface area (Å²) in [6.07, 6.45) is 23.2. The van der Waals surface area contributed by atoms with Gasteiger partial charge in [0.2, 0.25) is 5.91 Å². The standard InChI is InChI=1S/C35H47FN4O.C2H6/c1-5-8-12-29(6-2)32(39-34(41)30-13-10-9-11-14-30)19-22-40-23-20-35(26-37,21-24-40)33(7-3)38-27(4)25-28-15-17-31(36)18-16-28;1-2/h5-8,12,15,17-18,28,30,32H,1,3-4,9-11,13-14,16,19-25H2,2H3,(H,39,41);1-2H3/b12-8-,29-6+,38-33?;. The summed E-state index contributed by atoms with van der Waals surface area (Å²) >= 11 is 0. The molecule has 1 aliphatic heterocycles. The Balaban J connectivity index is 0.00000316. The Labute approximate surface area is 260 Å². The molecule has 0 aromatic carbocycles. The van der Waals surface area contributed by atoms with Crippen molar-refractivity contribution in [2.75, 3.05) is 19.6 Å². The number of hydrogen-bond donors (Lipinski definition) is 1. The fraction of sp³-hybridized carbons (Fsp3) is 0.541. The number of likely N-dealkylation sites (tertiary alicyclic amines) is 1. The number of piperidine rings is 1. The van der Waals surface area contributed by atoms with Gasteiger partial charge in [-0.15, -0.1) is 0 Å². The third-order valence-corrected chi connectivity index (χ3v) is 8.71. The van der Waals surface area contributed by atoms with Crippen LogP contribution < -0.4 is 5.32 Å². The Morgan fingerprint density at radius 2 is 1.95 bits per heavy atom. The molecule has 1 amide bonds. The third-order valence-electron chi connectivity index (χ3n) is 8.71. The number of halogens is 1. The molecule has 1 saturated heterocycles. The number of aliphatic imine (C=N–C) groups is 1. The Kier molecular flexibility index (Phi) is 15.9. The van der Waals surface area contributed by atoms with E-state index in [1.165, 1.54) is 12.5 Å². The molecule has 2 atom stereocenters. The van der Waals surface area contributed by atoms with Gasteiger partial charge in [-0.25, -0.2) is 4.39 Å². The molecule has 0 radical (unpaired) electrons. The van der Waals surface area contributed by atoms with E-state index in [0.717, 1.165) is 57.3 Å². The Hall–Kier alpha value is -3.30. The Morgan fingerprint density at radius 3 is 2.51 bits per heavy atom. The van der Waals surface area contributed by atoms with Gasteiger partial charge >= 0.3 is 0 Å². The molecule has 6 heteroatoms. The second kappa shape index (κ2) is 19.1. The molecule has 0 aromatic heterocycles. The summed E-state index contributed by atoms with van der Waals surface area (Å²) in [5.41, 5.74) is 1.74. The van der Waals surface area contributed by atoms with Crippen molar-refractivity contribution in [2.45, 2.75) is 91.0 Å². The van der Waals surface area contributed by atoms with Crippen LogP contribution in [0.3, 0.4) is 0 Å². The van der Waals surface area contributed by atoms with Crippen LogP contribution in [-0.4, -0.2) is 42.2 Å². The number of nitriles is 1. The molecule has 2 aliphatic carbocycles. The predicted molar refractivity (Wildman–Crippen MR) is 179 cm³/mol. The van der Waals surface area contributed by atoms with Crippen LogP contribution in [0.1, 0.15) is 85.0 Å². The molecule has 0 spiro atoms. The van der Waals surface area contributed by atoms with E-state index in [1.54, 1.807) is 18.2 Å². The number of hydrogen-bond acceptors (Lipinski definition) is 4. The van der Waals surface area contributed by atoms with E-state index in [-0.39, 0.29) is 29.6 Å². The van der Waals surface area contributed by atoms with Crippen LogP contribution in [0.5, 0.6) is 0 Å². The van der Waals surface area contributed by atoms with Crippen molar-refractivity contribution >= 4 is 11.6 Å². The van der Waals surface area contributed by atoms with Crippen LogP contribution in [0, 0.1) is 28.6 Å². The van der Waals surface area contributed by atoms with Gasteiger partial charge in [0.25, 0.3) is 0 Å². The summed E-state index contributed by atoms with van der Waals surface area (Å²) in [6.45, 7) is 20.2. The lowest BCUT2D eigenvalue weighted by Crippen LogP contribution is -2.46. The SMILES string of the molecule is C=C/C=C\C(=C/C)C(CCN1CCC(C#N)(C(C=C)=NC(=C)CC2C=CC(F)=CC2)CC1)NC(=O)C1CCCCC1.CC. The Morgan fingerprint density at radius 1 is 1.26 bits per heavy atom. The van der Waals surface area contributed by atoms with Gasteiger partial charge in [-0.05, 0) is 81.6 Å². The zero-order valence-corrected chi connectivity index (χ0v) is 26.8. The maximum absolute atomic E-state index is 13.3. The lowest BCUT2D eigenvalue weighted by atomic mass is 9.75. The molecule has 0 bridgehead atoms. The van der Waals surface area contributed by atoms with E-state index < -0.39 is 5.41 Å². The maximum Gasteiger partial charge on any atom is 0.223 e. The summed E-state index contributed by atoms with van der Waals surface area (Å²) in [4.78, 5) is 20.3. The normalized spacial score (nSPS) is 22.0. The molecular weight excluding hydrogens is 535 g/mol. The van der Waals surface area contributed by atoms with Crippen LogP contribution in [-0.2, 0) is 4.79 Å². The molecule has 3 rings (SSSR count). The summed E-state index contributed by atoms with van der Waals surface area (Å²) in [7, 11) is 0.